The number of aryl methyl sites for hydroxylation is 1. The van der Waals surface area contributed by atoms with Gasteiger partial charge in [-0.05, 0) is 99.4 Å². The van der Waals surface area contributed by atoms with Crippen molar-refractivity contribution in [3.05, 3.63) is 111 Å². The van der Waals surface area contributed by atoms with Gasteiger partial charge in [0.15, 0.2) is 0 Å². The minimum atomic E-state index is -4.08. The van der Waals surface area contributed by atoms with Crippen molar-refractivity contribution in [3.8, 4) is 28.6 Å². The molecule has 0 radical (unpaired) electrons. The molecule has 0 aliphatic rings. The van der Waals surface area contributed by atoms with Crippen LogP contribution in [0.4, 0.5) is 0 Å². The van der Waals surface area contributed by atoms with Crippen molar-refractivity contribution >= 4 is 32.6 Å². The predicted molar refractivity (Wildman–Crippen MR) is 175 cm³/mol. The third-order valence-corrected chi connectivity index (χ3v) is 9.98. The summed E-state index contributed by atoms with van der Waals surface area (Å²) in [6, 6.07) is 26.0. The van der Waals surface area contributed by atoms with Gasteiger partial charge in [0, 0.05) is 16.7 Å². The van der Waals surface area contributed by atoms with Crippen molar-refractivity contribution in [2.75, 3.05) is 21.3 Å². The normalized spacial score (nSPS) is 11.5. The molecule has 5 rings (SSSR count). The molecule has 5 aromatic rings. The van der Waals surface area contributed by atoms with Gasteiger partial charge in [-0.15, -0.1) is 10.2 Å². The number of hydrogen-bond acceptors (Lipinski definition) is 8. The van der Waals surface area contributed by atoms with Gasteiger partial charge in [-0.2, -0.15) is 9.10 Å². The summed E-state index contributed by atoms with van der Waals surface area (Å²) in [5.74, 6) is 2.37. The number of sulfonamides is 1. The number of tetrazole rings is 1. The summed E-state index contributed by atoms with van der Waals surface area (Å²) in [5.41, 5.74) is 3.58. The van der Waals surface area contributed by atoms with E-state index in [-0.39, 0.29) is 23.8 Å². The summed E-state index contributed by atoms with van der Waals surface area (Å²) >= 11 is 2.13. The van der Waals surface area contributed by atoms with E-state index in [1.807, 2.05) is 78.9 Å². The summed E-state index contributed by atoms with van der Waals surface area (Å²) < 4.78 is 47.4. The van der Waals surface area contributed by atoms with Gasteiger partial charge >= 0.3 is 0 Å². The molecule has 1 aromatic heterocycles. The first-order chi connectivity index (χ1) is 21.2. The summed E-state index contributed by atoms with van der Waals surface area (Å²) in [7, 11) is 0.723. The Morgan fingerprint density at radius 1 is 0.727 bits per heavy atom. The monoisotopic (exact) mass is 725 g/mol. The fourth-order valence-electron chi connectivity index (χ4n) is 4.73. The Morgan fingerprint density at radius 3 is 1.68 bits per heavy atom. The first-order valence-corrected chi connectivity index (χ1v) is 16.2. The lowest BCUT2D eigenvalue weighted by molar-refractivity contribution is 0.397. The molecule has 0 amide bonds. The fraction of sp³-hybridized carbons (Fsp3) is 0.219. The van der Waals surface area contributed by atoms with E-state index < -0.39 is 10.0 Å². The number of hydrogen-bond donors (Lipinski definition) is 0. The van der Waals surface area contributed by atoms with Gasteiger partial charge in [0.1, 0.15) is 17.2 Å². The molecular weight excluding hydrogens is 693 g/mol. The highest BCUT2D eigenvalue weighted by atomic mass is 127. The summed E-state index contributed by atoms with van der Waals surface area (Å²) in [6.45, 7) is 2.43. The largest absolute Gasteiger partial charge is 0.497 e. The lowest BCUT2D eigenvalue weighted by atomic mass is 10.1. The number of rotatable bonds is 12. The van der Waals surface area contributed by atoms with Gasteiger partial charge < -0.3 is 14.2 Å². The van der Waals surface area contributed by atoms with Crippen LogP contribution in [0.25, 0.3) is 11.4 Å². The highest BCUT2D eigenvalue weighted by Gasteiger charge is 2.32. The molecule has 0 aliphatic heterocycles. The number of ether oxygens (including phenoxy) is 3. The SMILES string of the molecule is COc1ccc(CN(Cc2ccc(OC)cc2)S(=O)(=O)c2c(C)ccc(I)c2-c2nnn(Cc3ccc(OC)cc3)n2)cc1. The minimum absolute atomic E-state index is 0.139. The molecule has 0 spiro atoms. The van der Waals surface area contributed by atoms with Crippen LogP contribution in [0.1, 0.15) is 22.3 Å². The zero-order chi connectivity index (χ0) is 31.3. The smallest absolute Gasteiger partial charge is 0.244 e. The van der Waals surface area contributed by atoms with Crippen molar-refractivity contribution in [1.29, 1.82) is 0 Å². The van der Waals surface area contributed by atoms with Gasteiger partial charge in [0.25, 0.3) is 0 Å². The molecule has 12 heteroatoms. The third-order valence-electron chi connectivity index (χ3n) is 7.10. The first kappa shape index (κ1) is 31.4. The number of nitrogens with zero attached hydrogens (tertiary/aromatic N) is 5. The molecule has 10 nitrogen and oxygen atoms in total. The van der Waals surface area contributed by atoms with Gasteiger partial charge in [-0.25, -0.2) is 8.42 Å². The fourth-order valence-corrected chi connectivity index (χ4v) is 7.44. The van der Waals surface area contributed by atoms with Gasteiger partial charge in [-0.3, -0.25) is 0 Å². The molecule has 0 fully saturated rings. The van der Waals surface area contributed by atoms with Crippen molar-refractivity contribution in [2.24, 2.45) is 0 Å². The lowest BCUT2D eigenvalue weighted by Gasteiger charge is -2.25. The Bertz CT molecular complexity index is 1780. The van der Waals surface area contributed by atoms with Crippen molar-refractivity contribution in [1.82, 2.24) is 24.5 Å². The summed E-state index contributed by atoms with van der Waals surface area (Å²) in [6.07, 6.45) is 0. The van der Waals surface area contributed by atoms with Crippen LogP contribution < -0.4 is 14.2 Å². The molecule has 0 saturated carbocycles. The quantitative estimate of drug-likeness (QED) is 0.151. The van der Waals surface area contributed by atoms with E-state index in [9.17, 15) is 8.42 Å². The molecule has 0 bridgehead atoms. The average molecular weight is 726 g/mol. The molecular formula is C32H32IN5O5S. The van der Waals surface area contributed by atoms with Crippen LogP contribution in [0.3, 0.4) is 0 Å². The molecule has 0 unspecified atom stereocenters. The molecule has 44 heavy (non-hydrogen) atoms. The van der Waals surface area contributed by atoms with E-state index in [4.69, 9.17) is 14.2 Å². The maximum Gasteiger partial charge on any atom is 0.244 e. The molecule has 0 saturated heterocycles. The van der Waals surface area contributed by atoms with Crippen LogP contribution in [0.2, 0.25) is 0 Å². The maximum absolute atomic E-state index is 14.7. The van der Waals surface area contributed by atoms with Crippen LogP contribution in [0.5, 0.6) is 17.2 Å². The Morgan fingerprint density at radius 2 is 1.20 bits per heavy atom. The maximum atomic E-state index is 14.7. The Balaban J connectivity index is 1.54. The molecule has 0 atom stereocenters. The number of methoxy groups -OCH3 is 3. The summed E-state index contributed by atoms with van der Waals surface area (Å²) in [4.78, 5) is 1.61. The second-order valence-corrected chi connectivity index (χ2v) is 13.1. The molecule has 0 N–H and O–H groups in total. The van der Waals surface area contributed by atoms with Crippen molar-refractivity contribution < 1.29 is 22.6 Å². The highest BCUT2D eigenvalue weighted by molar-refractivity contribution is 14.1. The Kier molecular flexibility index (Phi) is 9.81. The van der Waals surface area contributed by atoms with Crippen molar-refractivity contribution in [3.63, 3.8) is 0 Å². The van der Waals surface area contributed by atoms with Gasteiger partial charge in [-0.1, -0.05) is 42.5 Å². The van der Waals surface area contributed by atoms with Crippen LogP contribution in [-0.2, 0) is 29.7 Å². The molecule has 4 aromatic carbocycles. The second-order valence-electron chi connectivity index (χ2n) is 10.0. The van der Waals surface area contributed by atoms with E-state index in [2.05, 4.69) is 38.0 Å². The predicted octanol–water partition coefficient (Wildman–Crippen LogP) is 5.72. The minimum Gasteiger partial charge on any atom is -0.497 e. The zero-order valence-corrected chi connectivity index (χ0v) is 27.7. The number of halogens is 1. The summed E-state index contributed by atoms with van der Waals surface area (Å²) in [5, 5.41) is 13.2. The van der Waals surface area contributed by atoms with Crippen LogP contribution in [0, 0.1) is 10.5 Å². The molecule has 0 aliphatic carbocycles. The van der Waals surface area contributed by atoms with E-state index in [0.29, 0.717) is 32.7 Å². The van der Waals surface area contributed by atoms with E-state index in [0.717, 1.165) is 22.4 Å². The van der Waals surface area contributed by atoms with Crippen LogP contribution in [0.15, 0.2) is 89.8 Å². The Labute approximate surface area is 270 Å². The van der Waals surface area contributed by atoms with E-state index in [1.54, 1.807) is 34.3 Å². The van der Waals surface area contributed by atoms with Gasteiger partial charge in [0.05, 0.1) is 38.3 Å². The lowest BCUT2D eigenvalue weighted by Crippen LogP contribution is -2.31. The first-order valence-electron chi connectivity index (χ1n) is 13.7. The standard InChI is InChI=1S/C32H32IN5O5S/c1-22-5-18-29(33)30(32-34-36-38(35-32)21-25-10-16-28(43-4)17-11-25)31(22)44(39,40)37(19-23-6-12-26(41-2)13-7-23)20-24-8-14-27(42-3)15-9-24/h5-18H,19-21H2,1-4H3. The van der Waals surface area contributed by atoms with Gasteiger partial charge in [0.2, 0.25) is 15.8 Å². The van der Waals surface area contributed by atoms with E-state index in [1.165, 1.54) is 9.10 Å². The second kappa shape index (κ2) is 13.7. The van der Waals surface area contributed by atoms with Crippen molar-refractivity contribution in [2.45, 2.75) is 31.5 Å². The van der Waals surface area contributed by atoms with E-state index >= 15 is 0 Å². The number of aromatic nitrogens is 4. The van der Waals surface area contributed by atoms with Crippen LogP contribution >= 0.6 is 22.6 Å². The molecule has 228 valence electrons. The average Bonchev–Trinajstić information content (AvgIpc) is 3.50. The number of benzene rings is 4. The Hall–Kier alpha value is -4.01. The zero-order valence-electron chi connectivity index (χ0n) is 24.8. The third kappa shape index (κ3) is 7.03. The topological polar surface area (TPSA) is 109 Å². The van der Waals surface area contributed by atoms with Crippen LogP contribution in [-0.4, -0.2) is 54.3 Å². The molecule has 1 heterocycles. The highest BCUT2D eigenvalue weighted by Crippen LogP contribution is 2.35.